The van der Waals surface area contributed by atoms with Crippen LogP contribution in [0.15, 0.2) is 12.7 Å². The van der Waals surface area contributed by atoms with Crippen molar-refractivity contribution in [2.24, 2.45) is 11.8 Å². The van der Waals surface area contributed by atoms with E-state index in [1.165, 1.54) is 64.3 Å². The Balaban J connectivity index is 1.47. The van der Waals surface area contributed by atoms with E-state index in [2.05, 4.69) is 11.9 Å². The Morgan fingerprint density at radius 1 is 1.00 bits per heavy atom. The van der Waals surface area contributed by atoms with Crippen LogP contribution < -0.4 is 5.32 Å². The number of hydrogen-bond acceptors (Lipinski definition) is 1. The van der Waals surface area contributed by atoms with E-state index < -0.39 is 0 Å². The van der Waals surface area contributed by atoms with Gasteiger partial charge in [-0.3, -0.25) is 0 Å². The number of allylic oxidation sites excluding steroid dienone is 1. The van der Waals surface area contributed by atoms with Crippen LogP contribution in [0.1, 0.15) is 57.8 Å². The van der Waals surface area contributed by atoms with Crippen molar-refractivity contribution in [3.05, 3.63) is 12.7 Å². The van der Waals surface area contributed by atoms with Crippen LogP contribution in [-0.2, 0) is 0 Å². The van der Waals surface area contributed by atoms with Crippen molar-refractivity contribution in [1.82, 2.24) is 5.32 Å². The minimum atomic E-state index is 0.897. The fraction of sp³-hybridized carbons (Fsp3) is 0.867. The molecule has 1 heteroatoms. The monoisotopic (exact) mass is 221 g/mol. The molecule has 0 bridgehead atoms. The molecule has 2 fully saturated rings. The van der Waals surface area contributed by atoms with Crippen molar-refractivity contribution < 1.29 is 0 Å². The van der Waals surface area contributed by atoms with Crippen molar-refractivity contribution in [2.75, 3.05) is 6.54 Å². The Hall–Kier alpha value is -0.300. The fourth-order valence-corrected chi connectivity index (χ4v) is 2.76. The molecule has 1 N–H and O–H groups in total. The summed E-state index contributed by atoms with van der Waals surface area (Å²) in [6.45, 7) is 5.08. The molecule has 2 saturated carbocycles. The van der Waals surface area contributed by atoms with E-state index in [1.54, 1.807) is 0 Å². The quantitative estimate of drug-likeness (QED) is 0.460. The van der Waals surface area contributed by atoms with Crippen LogP contribution in [-0.4, -0.2) is 12.6 Å². The predicted molar refractivity (Wildman–Crippen MR) is 70.5 cm³/mol. The van der Waals surface area contributed by atoms with Gasteiger partial charge in [0.25, 0.3) is 0 Å². The van der Waals surface area contributed by atoms with Gasteiger partial charge in [-0.2, -0.15) is 0 Å². The first-order chi connectivity index (χ1) is 7.90. The second-order valence-electron chi connectivity index (χ2n) is 5.71. The molecule has 2 unspecified atom stereocenters. The molecule has 0 aromatic rings. The number of nitrogens with one attached hydrogen (secondary N) is 1. The average molecular weight is 221 g/mol. The summed E-state index contributed by atoms with van der Waals surface area (Å²) in [6.07, 6.45) is 14.8. The summed E-state index contributed by atoms with van der Waals surface area (Å²) < 4.78 is 0. The second-order valence-corrected chi connectivity index (χ2v) is 5.71. The molecule has 0 heterocycles. The van der Waals surface area contributed by atoms with E-state index in [0.717, 1.165) is 17.9 Å². The molecule has 0 aromatic heterocycles. The lowest BCUT2D eigenvalue weighted by Crippen LogP contribution is -2.36. The van der Waals surface area contributed by atoms with Gasteiger partial charge < -0.3 is 5.32 Å². The van der Waals surface area contributed by atoms with Crippen LogP contribution in [0.2, 0.25) is 0 Å². The summed E-state index contributed by atoms with van der Waals surface area (Å²) in [5.41, 5.74) is 0. The van der Waals surface area contributed by atoms with Crippen molar-refractivity contribution in [3.8, 4) is 0 Å². The molecule has 2 rings (SSSR count). The van der Waals surface area contributed by atoms with Crippen LogP contribution >= 0.6 is 0 Å². The van der Waals surface area contributed by atoms with Crippen LogP contribution in [0.4, 0.5) is 0 Å². The highest BCUT2D eigenvalue weighted by Crippen LogP contribution is 2.38. The minimum Gasteiger partial charge on any atom is -0.314 e. The first-order valence-electron chi connectivity index (χ1n) is 7.24. The maximum atomic E-state index is 3.77. The molecule has 0 spiro atoms. The van der Waals surface area contributed by atoms with Crippen LogP contribution in [0.3, 0.4) is 0 Å². The number of unbranched alkanes of at least 4 members (excludes halogenated alkanes) is 3. The maximum Gasteiger partial charge on any atom is 0.00683 e. The van der Waals surface area contributed by atoms with Gasteiger partial charge in [0, 0.05) is 6.04 Å². The minimum absolute atomic E-state index is 0.897. The van der Waals surface area contributed by atoms with Gasteiger partial charge in [0.15, 0.2) is 0 Å². The summed E-state index contributed by atoms with van der Waals surface area (Å²) in [4.78, 5) is 0. The van der Waals surface area contributed by atoms with Gasteiger partial charge in [0.05, 0.1) is 0 Å². The normalized spacial score (nSPS) is 28.8. The van der Waals surface area contributed by atoms with Crippen LogP contribution in [0.5, 0.6) is 0 Å². The summed E-state index contributed by atoms with van der Waals surface area (Å²) in [7, 11) is 0. The summed E-state index contributed by atoms with van der Waals surface area (Å²) in [5, 5.41) is 3.69. The van der Waals surface area contributed by atoms with Gasteiger partial charge in [-0.1, -0.05) is 25.3 Å². The van der Waals surface area contributed by atoms with Crippen LogP contribution in [0, 0.1) is 11.8 Å². The van der Waals surface area contributed by atoms with Gasteiger partial charge in [-0.05, 0) is 56.9 Å². The third-order valence-corrected chi connectivity index (χ3v) is 4.30. The molecule has 0 aliphatic heterocycles. The van der Waals surface area contributed by atoms with Crippen molar-refractivity contribution in [1.29, 1.82) is 0 Å². The highest BCUT2D eigenvalue weighted by molar-refractivity contribution is 4.87. The Morgan fingerprint density at radius 3 is 2.44 bits per heavy atom. The van der Waals surface area contributed by atoms with E-state index in [1.807, 2.05) is 6.08 Å². The summed E-state index contributed by atoms with van der Waals surface area (Å²) >= 11 is 0. The molecule has 16 heavy (non-hydrogen) atoms. The Bertz CT molecular complexity index is 207. The second kappa shape index (κ2) is 6.44. The molecular weight excluding hydrogens is 194 g/mol. The van der Waals surface area contributed by atoms with Crippen LogP contribution in [0.25, 0.3) is 0 Å². The van der Waals surface area contributed by atoms with Gasteiger partial charge >= 0.3 is 0 Å². The average Bonchev–Trinajstić information content (AvgIpc) is 3.06. The van der Waals surface area contributed by atoms with Crippen molar-refractivity contribution in [2.45, 2.75) is 63.8 Å². The summed E-state index contributed by atoms with van der Waals surface area (Å²) in [5.74, 6) is 2.06. The van der Waals surface area contributed by atoms with Crippen molar-refractivity contribution in [3.63, 3.8) is 0 Å². The van der Waals surface area contributed by atoms with E-state index in [-0.39, 0.29) is 0 Å². The SMILES string of the molecule is C=CCCCCCC1CCC1CNC1CC1. The van der Waals surface area contributed by atoms with Gasteiger partial charge in [-0.15, -0.1) is 6.58 Å². The molecule has 0 aromatic carbocycles. The molecule has 2 aliphatic rings. The molecule has 0 amide bonds. The Labute approximate surface area is 101 Å². The lowest BCUT2D eigenvalue weighted by molar-refractivity contribution is 0.156. The molecule has 2 atom stereocenters. The van der Waals surface area contributed by atoms with E-state index in [4.69, 9.17) is 0 Å². The standard InChI is InChI=1S/C15H27N/c1-2-3-4-5-6-7-13-8-9-14(13)12-16-15-10-11-15/h2,13-16H,1,3-12H2. The largest absolute Gasteiger partial charge is 0.314 e. The van der Waals surface area contributed by atoms with Gasteiger partial charge in [0.1, 0.15) is 0 Å². The third kappa shape index (κ3) is 3.93. The number of rotatable bonds is 9. The molecule has 0 saturated heterocycles. The highest BCUT2D eigenvalue weighted by atomic mass is 14.9. The van der Waals surface area contributed by atoms with Gasteiger partial charge in [0.2, 0.25) is 0 Å². The Morgan fingerprint density at radius 2 is 1.81 bits per heavy atom. The zero-order valence-electron chi connectivity index (χ0n) is 10.6. The van der Waals surface area contributed by atoms with Gasteiger partial charge in [-0.25, -0.2) is 0 Å². The maximum absolute atomic E-state index is 3.77. The smallest absolute Gasteiger partial charge is 0.00683 e. The number of hydrogen-bond donors (Lipinski definition) is 1. The zero-order valence-corrected chi connectivity index (χ0v) is 10.6. The van der Waals surface area contributed by atoms with E-state index in [9.17, 15) is 0 Å². The predicted octanol–water partition coefficient (Wildman–Crippen LogP) is 3.90. The molecule has 0 radical (unpaired) electrons. The van der Waals surface area contributed by atoms with E-state index >= 15 is 0 Å². The molecule has 92 valence electrons. The Kier molecular flexibility index (Phi) is 4.90. The molecular formula is C15H27N. The first-order valence-corrected chi connectivity index (χ1v) is 7.24. The summed E-state index contributed by atoms with van der Waals surface area (Å²) in [6, 6.07) is 0.897. The third-order valence-electron chi connectivity index (χ3n) is 4.30. The molecule has 2 aliphatic carbocycles. The first kappa shape index (κ1) is 12.2. The fourth-order valence-electron chi connectivity index (χ4n) is 2.76. The lowest BCUT2D eigenvalue weighted by Gasteiger charge is -2.37. The topological polar surface area (TPSA) is 12.0 Å². The zero-order chi connectivity index (χ0) is 11.2. The lowest BCUT2D eigenvalue weighted by atomic mass is 9.71. The van der Waals surface area contributed by atoms with E-state index in [0.29, 0.717) is 0 Å². The van der Waals surface area contributed by atoms with Crippen molar-refractivity contribution >= 4 is 0 Å². The molecule has 1 nitrogen and oxygen atoms in total. The highest BCUT2D eigenvalue weighted by Gasteiger charge is 2.31.